The molecule has 0 fully saturated rings. The first-order valence-electron chi connectivity index (χ1n) is 5.95. The first-order valence-corrected chi connectivity index (χ1v) is 5.95. The molecule has 0 unspecified atom stereocenters. The summed E-state index contributed by atoms with van der Waals surface area (Å²) in [5.74, 6) is 0.139. The Morgan fingerprint density at radius 2 is 1.94 bits per heavy atom. The molecule has 1 aromatic carbocycles. The van der Waals surface area contributed by atoms with E-state index in [1.807, 2.05) is 37.4 Å². The van der Waals surface area contributed by atoms with E-state index in [0.717, 1.165) is 24.7 Å². The third kappa shape index (κ3) is 5.29. The minimum Gasteiger partial charge on any atom is -0.341 e. The molecule has 0 aliphatic heterocycles. The van der Waals surface area contributed by atoms with Crippen LogP contribution in [0.2, 0.25) is 0 Å². The van der Waals surface area contributed by atoms with Gasteiger partial charge in [0.15, 0.2) is 0 Å². The average Bonchev–Trinajstić information content (AvgIpc) is 2.35. The highest BCUT2D eigenvalue weighted by molar-refractivity contribution is 5.75. The van der Waals surface area contributed by atoms with Gasteiger partial charge in [0.2, 0.25) is 5.91 Å². The molecule has 0 atom stereocenters. The van der Waals surface area contributed by atoms with E-state index in [-0.39, 0.29) is 5.91 Å². The monoisotopic (exact) mass is 233 g/mol. The quantitative estimate of drug-likeness (QED) is 0.535. The van der Waals surface area contributed by atoms with Crippen LogP contribution in [0.1, 0.15) is 31.2 Å². The maximum atomic E-state index is 11.7. The second-order valence-corrected chi connectivity index (χ2v) is 4.15. The summed E-state index contributed by atoms with van der Waals surface area (Å²) < 4.78 is 0. The van der Waals surface area contributed by atoms with Crippen molar-refractivity contribution in [3.63, 3.8) is 0 Å². The van der Waals surface area contributed by atoms with E-state index in [0.29, 0.717) is 19.4 Å². The fraction of sp³-hybridized carbons (Fsp3) is 0.429. The molecule has 17 heavy (non-hydrogen) atoms. The summed E-state index contributed by atoms with van der Waals surface area (Å²) in [7, 11) is 1.81. The summed E-state index contributed by atoms with van der Waals surface area (Å²) in [5.41, 5.74) is 1.14. The van der Waals surface area contributed by atoms with Gasteiger partial charge < -0.3 is 9.69 Å². The standard InChI is InChI=1S/C14H19NO2/c1-15(12-13-8-4-2-5-9-13)14(17)10-6-3-7-11-16/h2,4-5,8-9,11H,3,6-7,10,12H2,1H3. The molecule has 3 heteroatoms. The molecule has 0 aromatic heterocycles. The first kappa shape index (κ1) is 13.4. The zero-order chi connectivity index (χ0) is 12.5. The first-order chi connectivity index (χ1) is 8.24. The van der Waals surface area contributed by atoms with E-state index in [1.165, 1.54) is 0 Å². The number of benzene rings is 1. The van der Waals surface area contributed by atoms with Crippen LogP contribution >= 0.6 is 0 Å². The van der Waals surface area contributed by atoms with Crippen molar-refractivity contribution in [3.8, 4) is 0 Å². The van der Waals surface area contributed by atoms with Gasteiger partial charge in [0.25, 0.3) is 0 Å². The summed E-state index contributed by atoms with van der Waals surface area (Å²) in [5, 5.41) is 0. The van der Waals surface area contributed by atoms with Crippen LogP contribution in [0.15, 0.2) is 30.3 Å². The van der Waals surface area contributed by atoms with Crippen LogP contribution in [0, 0.1) is 0 Å². The van der Waals surface area contributed by atoms with Crippen molar-refractivity contribution in [3.05, 3.63) is 35.9 Å². The predicted molar refractivity (Wildman–Crippen MR) is 67.4 cm³/mol. The van der Waals surface area contributed by atoms with Crippen molar-refractivity contribution in [2.75, 3.05) is 7.05 Å². The molecular formula is C14H19NO2. The average molecular weight is 233 g/mol. The third-order valence-corrected chi connectivity index (χ3v) is 2.65. The van der Waals surface area contributed by atoms with Crippen molar-refractivity contribution < 1.29 is 9.59 Å². The number of rotatable bonds is 7. The summed E-state index contributed by atoms with van der Waals surface area (Å²) in [6, 6.07) is 9.92. The lowest BCUT2D eigenvalue weighted by Gasteiger charge is -2.17. The topological polar surface area (TPSA) is 37.4 Å². The van der Waals surface area contributed by atoms with Gasteiger partial charge in [-0.2, -0.15) is 0 Å². The van der Waals surface area contributed by atoms with Crippen molar-refractivity contribution >= 4 is 12.2 Å². The Balaban J connectivity index is 2.29. The largest absolute Gasteiger partial charge is 0.341 e. The summed E-state index contributed by atoms with van der Waals surface area (Å²) in [4.78, 5) is 23.6. The summed E-state index contributed by atoms with van der Waals surface area (Å²) >= 11 is 0. The van der Waals surface area contributed by atoms with Crippen LogP contribution in [0.5, 0.6) is 0 Å². The molecule has 1 aromatic rings. The molecule has 0 radical (unpaired) electrons. The van der Waals surface area contributed by atoms with Gasteiger partial charge in [0.05, 0.1) is 0 Å². The van der Waals surface area contributed by atoms with Crippen molar-refractivity contribution in [1.82, 2.24) is 4.90 Å². The van der Waals surface area contributed by atoms with Gasteiger partial charge in [0.1, 0.15) is 6.29 Å². The van der Waals surface area contributed by atoms with Gasteiger partial charge in [0, 0.05) is 26.4 Å². The van der Waals surface area contributed by atoms with E-state index in [4.69, 9.17) is 0 Å². The Labute approximate surface area is 102 Å². The molecule has 92 valence electrons. The molecule has 0 saturated carbocycles. The maximum absolute atomic E-state index is 11.7. The molecule has 3 nitrogen and oxygen atoms in total. The Morgan fingerprint density at radius 1 is 1.24 bits per heavy atom. The molecule has 0 N–H and O–H groups in total. The van der Waals surface area contributed by atoms with Crippen LogP contribution in [0.4, 0.5) is 0 Å². The van der Waals surface area contributed by atoms with Crippen LogP contribution in [-0.4, -0.2) is 24.1 Å². The SMILES string of the molecule is CN(Cc1ccccc1)C(=O)CCCCC=O. The zero-order valence-corrected chi connectivity index (χ0v) is 10.3. The number of carbonyl (C=O) groups excluding carboxylic acids is 2. The third-order valence-electron chi connectivity index (χ3n) is 2.65. The Kier molecular flexibility index (Phi) is 6.00. The lowest BCUT2D eigenvalue weighted by Crippen LogP contribution is -2.25. The van der Waals surface area contributed by atoms with E-state index >= 15 is 0 Å². The maximum Gasteiger partial charge on any atom is 0.222 e. The fourth-order valence-electron chi connectivity index (χ4n) is 1.64. The van der Waals surface area contributed by atoms with E-state index in [9.17, 15) is 9.59 Å². The van der Waals surface area contributed by atoms with Gasteiger partial charge in [-0.15, -0.1) is 0 Å². The van der Waals surface area contributed by atoms with Crippen LogP contribution in [-0.2, 0) is 16.1 Å². The number of aldehydes is 1. The molecule has 0 saturated heterocycles. The highest BCUT2D eigenvalue weighted by Gasteiger charge is 2.08. The molecule has 0 aliphatic rings. The van der Waals surface area contributed by atoms with Gasteiger partial charge in [-0.1, -0.05) is 30.3 Å². The molecule has 1 amide bonds. The van der Waals surface area contributed by atoms with Crippen molar-refractivity contribution in [1.29, 1.82) is 0 Å². The number of amides is 1. The van der Waals surface area contributed by atoms with Gasteiger partial charge in [-0.3, -0.25) is 4.79 Å². The van der Waals surface area contributed by atoms with Crippen LogP contribution < -0.4 is 0 Å². The minimum atomic E-state index is 0.139. The smallest absolute Gasteiger partial charge is 0.222 e. The number of hydrogen-bond donors (Lipinski definition) is 0. The van der Waals surface area contributed by atoms with E-state index in [1.54, 1.807) is 4.90 Å². The molecule has 0 bridgehead atoms. The van der Waals surface area contributed by atoms with Crippen LogP contribution in [0.3, 0.4) is 0 Å². The Morgan fingerprint density at radius 3 is 2.59 bits per heavy atom. The molecular weight excluding hydrogens is 214 g/mol. The highest BCUT2D eigenvalue weighted by Crippen LogP contribution is 2.06. The zero-order valence-electron chi connectivity index (χ0n) is 10.3. The number of hydrogen-bond acceptors (Lipinski definition) is 2. The molecule has 0 aliphatic carbocycles. The molecule has 0 heterocycles. The minimum absolute atomic E-state index is 0.139. The number of unbranched alkanes of at least 4 members (excludes halogenated alkanes) is 2. The van der Waals surface area contributed by atoms with E-state index < -0.39 is 0 Å². The Hall–Kier alpha value is -1.64. The Bertz CT molecular complexity index is 348. The fourth-order valence-corrected chi connectivity index (χ4v) is 1.64. The second-order valence-electron chi connectivity index (χ2n) is 4.15. The molecule has 1 rings (SSSR count). The molecule has 0 spiro atoms. The number of nitrogens with zero attached hydrogens (tertiary/aromatic N) is 1. The summed E-state index contributed by atoms with van der Waals surface area (Å²) in [6.45, 7) is 0.646. The normalized spacial score (nSPS) is 9.94. The van der Waals surface area contributed by atoms with E-state index in [2.05, 4.69) is 0 Å². The van der Waals surface area contributed by atoms with Gasteiger partial charge in [-0.05, 0) is 18.4 Å². The lowest BCUT2D eigenvalue weighted by atomic mass is 10.1. The predicted octanol–water partition coefficient (Wildman–Crippen LogP) is 2.40. The van der Waals surface area contributed by atoms with Crippen LogP contribution in [0.25, 0.3) is 0 Å². The second kappa shape index (κ2) is 7.60. The number of carbonyl (C=O) groups is 2. The van der Waals surface area contributed by atoms with Crippen molar-refractivity contribution in [2.45, 2.75) is 32.2 Å². The van der Waals surface area contributed by atoms with Crippen molar-refractivity contribution in [2.24, 2.45) is 0 Å². The lowest BCUT2D eigenvalue weighted by molar-refractivity contribution is -0.130. The highest BCUT2D eigenvalue weighted by atomic mass is 16.2. The van der Waals surface area contributed by atoms with Gasteiger partial charge in [-0.25, -0.2) is 0 Å². The van der Waals surface area contributed by atoms with Gasteiger partial charge >= 0.3 is 0 Å². The summed E-state index contributed by atoms with van der Waals surface area (Å²) in [6.07, 6.45) is 3.57.